The van der Waals surface area contributed by atoms with E-state index in [-0.39, 0.29) is 35.8 Å². The molecule has 63 heavy (non-hydrogen) atoms. The van der Waals surface area contributed by atoms with Crippen LogP contribution in [0.3, 0.4) is 0 Å². The van der Waals surface area contributed by atoms with E-state index in [2.05, 4.69) is 36.1 Å². The molecule has 0 spiro atoms. The van der Waals surface area contributed by atoms with E-state index in [1.54, 1.807) is 0 Å². The topological polar surface area (TPSA) is 244 Å². The molecule has 2 aromatic carbocycles. The number of hydrogen-bond acceptors (Lipinski definition) is 13. The average molecular weight is 905 g/mol. The van der Waals surface area contributed by atoms with Gasteiger partial charge in [-0.25, -0.2) is 30.4 Å². The molecule has 4 aliphatic rings. The first kappa shape index (κ1) is 44.0. The number of benzene rings is 2. The van der Waals surface area contributed by atoms with Gasteiger partial charge in [-0.05, 0) is 88.8 Å². The summed E-state index contributed by atoms with van der Waals surface area (Å²) in [5.74, 6) is 1.79. The van der Waals surface area contributed by atoms with Gasteiger partial charge in [0.15, 0.2) is 0 Å². The van der Waals surface area contributed by atoms with Gasteiger partial charge in [-0.15, -0.1) is 0 Å². The third-order valence-corrected chi connectivity index (χ3v) is 14.7. The molecule has 21 heteroatoms. The molecule has 4 saturated heterocycles. The Bertz CT molecular complexity index is 2790. The highest BCUT2D eigenvalue weighted by molar-refractivity contribution is 7.88. The minimum absolute atomic E-state index is 0.0178. The predicted molar refractivity (Wildman–Crippen MR) is 235 cm³/mol. The lowest BCUT2D eigenvalue weighted by molar-refractivity contribution is -0.122. The van der Waals surface area contributed by atoms with Crippen LogP contribution in [0.25, 0.3) is 33.3 Å². The molecule has 7 heterocycles. The van der Waals surface area contributed by atoms with E-state index in [0.29, 0.717) is 81.8 Å². The molecule has 3 amide bonds. The molecule has 9 rings (SSSR count). The second-order valence-corrected chi connectivity index (χ2v) is 20.8. The zero-order valence-corrected chi connectivity index (χ0v) is 37.7. The Morgan fingerprint density at radius 3 is 1.90 bits per heavy atom. The lowest BCUT2D eigenvalue weighted by Gasteiger charge is -2.20. The van der Waals surface area contributed by atoms with E-state index in [1.165, 1.54) is 21.1 Å². The highest BCUT2D eigenvalue weighted by Crippen LogP contribution is 2.37. The van der Waals surface area contributed by atoms with Crippen LogP contribution >= 0.6 is 0 Å². The average Bonchev–Trinajstić information content (AvgIpc) is 4.08. The molecule has 4 atom stereocenters. The summed E-state index contributed by atoms with van der Waals surface area (Å²) in [5, 5.41) is 20.1. The van der Waals surface area contributed by atoms with Gasteiger partial charge in [0.05, 0.1) is 58.4 Å². The number of fused-ring (bicyclic) bond motifs is 1. The number of anilines is 2. The molecule has 0 saturated carbocycles. The van der Waals surface area contributed by atoms with Crippen molar-refractivity contribution >= 4 is 60.2 Å². The second kappa shape index (κ2) is 17.1. The van der Waals surface area contributed by atoms with Crippen molar-refractivity contribution in [1.29, 1.82) is 0 Å². The molecule has 5 aromatic rings. The fourth-order valence-corrected chi connectivity index (χ4v) is 10.8. The van der Waals surface area contributed by atoms with E-state index < -0.39 is 26.1 Å². The summed E-state index contributed by atoms with van der Waals surface area (Å²) in [6.07, 6.45) is 5.74. The van der Waals surface area contributed by atoms with E-state index in [4.69, 9.17) is 14.0 Å². The monoisotopic (exact) mass is 904 g/mol. The number of aryl methyl sites for hydroxylation is 4. The van der Waals surface area contributed by atoms with Crippen molar-refractivity contribution in [1.82, 2.24) is 39.1 Å². The standard InChI is InChI=1S/C21H27N5O5S.C21H25N5O4S/c1-12-20(13(2)31-25-12)14-4-5-16(22-15-8-9-26(11-15)32(3,29)30)18(10-14)24-21(28)17-6-7-19(27)23-17;1-12-20(13(2)30-24-12)14-4-6-18-17(10-14)23-21(16-5-7-19(27)22-16)26(18)15-8-9-25(11-15)31(3,28)29/h4-5,10,15,17,22H,6-9,11H2,1-3H3,(H,23,27)(H,24,28);4,6,10,15-16H,5,7-9,11H2,1-3H3,(H,22,27)/t15-,17+;15-,16+/m11/s1. The van der Waals surface area contributed by atoms with Crippen LogP contribution < -0.4 is 21.3 Å². The smallest absolute Gasteiger partial charge is 0.247 e. The number of aromatic nitrogens is 4. The van der Waals surface area contributed by atoms with Crippen molar-refractivity contribution < 1.29 is 40.3 Å². The molecule has 0 radical (unpaired) electrons. The Labute approximate surface area is 365 Å². The Balaban J connectivity index is 0.000000173. The third kappa shape index (κ3) is 9.23. The summed E-state index contributed by atoms with van der Waals surface area (Å²) in [5.41, 5.74) is 8.15. The zero-order chi connectivity index (χ0) is 45.0. The minimum Gasteiger partial charge on any atom is -0.379 e. The van der Waals surface area contributed by atoms with Crippen LogP contribution in [-0.4, -0.2) is 114 Å². The minimum atomic E-state index is -3.25. The molecular weight excluding hydrogens is 853 g/mol. The zero-order valence-electron chi connectivity index (χ0n) is 36.0. The van der Waals surface area contributed by atoms with Crippen molar-refractivity contribution in [2.24, 2.45) is 0 Å². The normalized spacial score (nSPS) is 22.0. The van der Waals surface area contributed by atoms with E-state index in [1.807, 2.05) is 64.1 Å². The highest BCUT2D eigenvalue weighted by Gasteiger charge is 2.36. The molecule has 336 valence electrons. The van der Waals surface area contributed by atoms with Gasteiger partial charge in [-0.2, -0.15) is 0 Å². The molecule has 4 aliphatic heterocycles. The number of carbonyl (C=O) groups excluding carboxylic acids is 3. The maximum atomic E-state index is 12.8. The number of imidazole rings is 1. The molecular formula is C42H52N10O9S2. The first-order chi connectivity index (χ1) is 29.8. The molecule has 0 unspecified atom stereocenters. The van der Waals surface area contributed by atoms with Gasteiger partial charge in [0.1, 0.15) is 23.4 Å². The van der Waals surface area contributed by atoms with Crippen LogP contribution in [0, 0.1) is 27.7 Å². The number of nitrogens with zero attached hydrogens (tertiary/aromatic N) is 6. The number of amides is 3. The maximum Gasteiger partial charge on any atom is 0.247 e. The molecule has 0 aliphatic carbocycles. The molecule has 4 N–H and O–H groups in total. The number of carbonyl (C=O) groups is 3. The summed E-state index contributed by atoms with van der Waals surface area (Å²) >= 11 is 0. The molecule has 19 nitrogen and oxygen atoms in total. The largest absolute Gasteiger partial charge is 0.379 e. The number of rotatable bonds is 10. The van der Waals surface area contributed by atoms with Crippen LogP contribution in [0.2, 0.25) is 0 Å². The van der Waals surface area contributed by atoms with Crippen LogP contribution in [-0.2, 0) is 34.4 Å². The second-order valence-electron chi connectivity index (χ2n) is 16.8. The predicted octanol–water partition coefficient (Wildman–Crippen LogP) is 4.09. The van der Waals surface area contributed by atoms with E-state index in [9.17, 15) is 31.2 Å². The number of sulfonamides is 2. The summed E-state index contributed by atoms with van der Waals surface area (Å²) in [6, 6.07) is 10.8. The van der Waals surface area contributed by atoms with Crippen molar-refractivity contribution in [3.63, 3.8) is 0 Å². The van der Waals surface area contributed by atoms with Crippen LogP contribution in [0.4, 0.5) is 11.4 Å². The fourth-order valence-electron chi connectivity index (χ4n) is 9.05. The number of nitrogens with one attached hydrogen (secondary N) is 4. The van der Waals surface area contributed by atoms with Gasteiger partial charge >= 0.3 is 0 Å². The number of hydrogen-bond donors (Lipinski definition) is 4. The van der Waals surface area contributed by atoms with E-state index in [0.717, 1.165) is 56.3 Å². The van der Waals surface area contributed by atoms with Crippen LogP contribution in [0.5, 0.6) is 0 Å². The van der Waals surface area contributed by atoms with Crippen molar-refractivity contribution in [3.05, 3.63) is 65.1 Å². The van der Waals surface area contributed by atoms with Gasteiger partial charge in [-0.3, -0.25) is 14.4 Å². The van der Waals surface area contributed by atoms with Crippen molar-refractivity contribution in [2.45, 2.75) is 90.4 Å². The Hall–Kier alpha value is -5.64. The third-order valence-electron chi connectivity index (χ3n) is 12.2. The lowest BCUT2D eigenvalue weighted by atomic mass is 10.0. The van der Waals surface area contributed by atoms with Gasteiger partial charge in [-0.1, -0.05) is 22.4 Å². The Kier molecular flexibility index (Phi) is 12.0. The van der Waals surface area contributed by atoms with Gasteiger partial charge in [0.25, 0.3) is 0 Å². The first-order valence-electron chi connectivity index (χ1n) is 20.9. The SMILES string of the molecule is Cc1noc(C)c1-c1ccc(N[C@@H]2CCN(S(C)(=O)=O)C2)c(NC(=O)[C@@H]2CCC(=O)N2)c1.Cc1noc(C)c1-c1ccc2c(c1)nc([C@@H]1CCC(=O)N1)n2[C@@H]1CCN(S(C)(=O)=O)C1. The van der Waals surface area contributed by atoms with Crippen LogP contribution in [0.1, 0.15) is 79.3 Å². The van der Waals surface area contributed by atoms with Gasteiger partial charge in [0.2, 0.25) is 37.8 Å². The summed E-state index contributed by atoms with van der Waals surface area (Å²) in [6.45, 7) is 9.16. The lowest BCUT2D eigenvalue weighted by Crippen LogP contribution is -2.37. The fraction of sp³-hybridized carbons (Fsp3) is 0.476. The first-order valence-corrected chi connectivity index (χ1v) is 24.6. The van der Waals surface area contributed by atoms with E-state index >= 15 is 0 Å². The van der Waals surface area contributed by atoms with Crippen molar-refractivity contribution in [3.8, 4) is 22.3 Å². The van der Waals surface area contributed by atoms with Crippen LogP contribution in [0.15, 0.2) is 45.4 Å². The summed E-state index contributed by atoms with van der Waals surface area (Å²) in [7, 11) is -6.51. The highest BCUT2D eigenvalue weighted by atomic mass is 32.2. The Morgan fingerprint density at radius 2 is 1.35 bits per heavy atom. The van der Waals surface area contributed by atoms with Crippen molar-refractivity contribution in [2.75, 3.05) is 49.3 Å². The quantitative estimate of drug-likeness (QED) is 0.155. The molecule has 3 aromatic heterocycles. The molecule has 0 bridgehead atoms. The summed E-state index contributed by atoms with van der Waals surface area (Å²) < 4.78 is 63.5. The van der Waals surface area contributed by atoms with Gasteiger partial charge in [0, 0.05) is 56.2 Å². The molecule has 4 fully saturated rings. The maximum absolute atomic E-state index is 12.8. The van der Waals surface area contributed by atoms with Gasteiger partial charge < -0.3 is 34.9 Å². The summed E-state index contributed by atoms with van der Waals surface area (Å²) in [4.78, 5) is 41.1. The Morgan fingerprint density at radius 1 is 0.746 bits per heavy atom.